The van der Waals surface area contributed by atoms with Crippen molar-refractivity contribution >= 4 is 17.6 Å². The summed E-state index contributed by atoms with van der Waals surface area (Å²) in [5, 5.41) is 0. The summed E-state index contributed by atoms with van der Waals surface area (Å²) in [4.78, 5) is 26.5. The number of halogens is 1. The second-order valence-corrected chi connectivity index (χ2v) is 5.25. The Morgan fingerprint density at radius 1 is 1.08 bits per heavy atom. The molecule has 2 aromatic rings. The van der Waals surface area contributed by atoms with Gasteiger partial charge in [-0.15, -0.1) is 0 Å². The highest BCUT2D eigenvalue weighted by Crippen LogP contribution is 2.24. The Morgan fingerprint density at radius 3 is 2.46 bits per heavy atom. The summed E-state index contributed by atoms with van der Waals surface area (Å²) in [5.41, 5.74) is 1.71. The number of carbonyl (C=O) groups is 2. The molecule has 0 unspecified atom stereocenters. The Labute approximate surface area is 140 Å². The normalized spacial score (nSPS) is 10.3. The molecule has 0 aliphatic rings. The first kappa shape index (κ1) is 17.7. The molecule has 0 aromatic heterocycles. The van der Waals surface area contributed by atoms with E-state index >= 15 is 0 Å². The van der Waals surface area contributed by atoms with E-state index in [9.17, 15) is 14.0 Å². The molecule has 2 aromatic carbocycles. The molecule has 0 aliphatic carbocycles. The summed E-state index contributed by atoms with van der Waals surface area (Å²) in [7, 11) is 0. The highest BCUT2D eigenvalue weighted by Gasteiger charge is 2.23. The molecule has 0 aliphatic heterocycles. The zero-order valence-corrected chi connectivity index (χ0v) is 14.0. The number of benzene rings is 2. The molecule has 0 saturated carbocycles. The number of amides is 1. The maximum atomic E-state index is 13.5. The number of esters is 1. The lowest BCUT2D eigenvalue weighted by Crippen LogP contribution is -2.32. The molecule has 5 heteroatoms. The number of para-hydroxylation sites is 1. The van der Waals surface area contributed by atoms with Gasteiger partial charge >= 0.3 is 5.97 Å². The van der Waals surface area contributed by atoms with E-state index in [2.05, 4.69) is 0 Å². The zero-order chi connectivity index (χ0) is 17.7. The van der Waals surface area contributed by atoms with Crippen molar-refractivity contribution in [2.45, 2.75) is 20.8 Å². The monoisotopic (exact) mass is 329 g/mol. The van der Waals surface area contributed by atoms with Gasteiger partial charge < -0.3 is 9.64 Å². The van der Waals surface area contributed by atoms with Crippen molar-refractivity contribution in [1.82, 2.24) is 0 Å². The fourth-order valence-corrected chi connectivity index (χ4v) is 2.48. The molecule has 0 fully saturated rings. The predicted octanol–water partition coefficient (Wildman–Crippen LogP) is 3.98. The van der Waals surface area contributed by atoms with Gasteiger partial charge in [-0.2, -0.15) is 0 Å². The maximum absolute atomic E-state index is 13.5. The SMILES string of the molecule is CCOC(=O)c1ccccc1N(CC)C(=O)c1cc(F)ccc1C. The van der Waals surface area contributed by atoms with Gasteiger partial charge in [-0.3, -0.25) is 4.79 Å². The Kier molecular flexibility index (Phi) is 5.68. The molecule has 126 valence electrons. The van der Waals surface area contributed by atoms with Gasteiger partial charge in [0.25, 0.3) is 5.91 Å². The summed E-state index contributed by atoms with van der Waals surface area (Å²) in [6.07, 6.45) is 0. The van der Waals surface area contributed by atoms with Crippen molar-refractivity contribution < 1.29 is 18.7 Å². The molecule has 0 N–H and O–H groups in total. The second kappa shape index (κ2) is 7.73. The molecular weight excluding hydrogens is 309 g/mol. The number of anilines is 1. The van der Waals surface area contributed by atoms with Crippen LogP contribution in [0.2, 0.25) is 0 Å². The van der Waals surface area contributed by atoms with Gasteiger partial charge in [0, 0.05) is 12.1 Å². The van der Waals surface area contributed by atoms with Gasteiger partial charge in [0.1, 0.15) is 5.82 Å². The molecule has 0 spiro atoms. The second-order valence-electron chi connectivity index (χ2n) is 5.25. The Balaban J connectivity index is 2.47. The highest BCUT2D eigenvalue weighted by molar-refractivity contribution is 6.10. The minimum Gasteiger partial charge on any atom is -0.462 e. The van der Waals surface area contributed by atoms with Crippen LogP contribution >= 0.6 is 0 Å². The van der Waals surface area contributed by atoms with Crippen molar-refractivity contribution in [2.75, 3.05) is 18.1 Å². The smallest absolute Gasteiger partial charge is 0.340 e. The number of hydrogen-bond donors (Lipinski definition) is 0. The summed E-state index contributed by atoms with van der Waals surface area (Å²) in [6.45, 7) is 5.85. The van der Waals surface area contributed by atoms with Crippen LogP contribution in [-0.4, -0.2) is 25.0 Å². The molecule has 0 saturated heterocycles. The third-order valence-corrected chi connectivity index (χ3v) is 3.68. The molecular formula is C19H20FNO3. The molecule has 4 nitrogen and oxygen atoms in total. The van der Waals surface area contributed by atoms with E-state index in [1.807, 2.05) is 0 Å². The van der Waals surface area contributed by atoms with Crippen LogP contribution in [0.25, 0.3) is 0 Å². The number of hydrogen-bond acceptors (Lipinski definition) is 3. The lowest BCUT2D eigenvalue weighted by Gasteiger charge is -2.24. The van der Waals surface area contributed by atoms with Crippen molar-refractivity contribution in [3.05, 3.63) is 65.0 Å². The predicted molar refractivity (Wildman–Crippen MR) is 90.9 cm³/mol. The highest BCUT2D eigenvalue weighted by atomic mass is 19.1. The van der Waals surface area contributed by atoms with E-state index in [1.54, 1.807) is 51.1 Å². The summed E-state index contributed by atoms with van der Waals surface area (Å²) >= 11 is 0. The van der Waals surface area contributed by atoms with Gasteiger partial charge in [0.05, 0.1) is 17.9 Å². The van der Waals surface area contributed by atoms with Crippen molar-refractivity contribution in [1.29, 1.82) is 0 Å². The molecule has 2 rings (SSSR count). The quantitative estimate of drug-likeness (QED) is 0.780. The third kappa shape index (κ3) is 3.62. The lowest BCUT2D eigenvalue weighted by molar-refractivity contribution is 0.0527. The maximum Gasteiger partial charge on any atom is 0.340 e. The number of rotatable bonds is 5. The van der Waals surface area contributed by atoms with Crippen LogP contribution in [0.15, 0.2) is 42.5 Å². The van der Waals surface area contributed by atoms with Gasteiger partial charge in [0.15, 0.2) is 0 Å². The first-order chi connectivity index (χ1) is 11.5. The van der Waals surface area contributed by atoms with Gasteiger partial charge in [-0.1, -0.05) is 18.2 Å². The van der Waals surface area contributed by atoms with Crippen LogP contribution in [0.3, 0.4) is 0 Å². The minimum atomic E-state index is -0.490. The van der Waals surface area contributed by atoms with E-state index in [-0.39, 0.29) is 18.1 Å². The lowest BCUT2D eigenvalue weighted by atomic mass is 10.1. The fraction of sp³-hybridized carbons (Fsp3) is 0.263. The Bertz CT molecular complexity index is 758. The van der Waals surface area contributed by atoms with Crippen molar-refractivity contribution in [3.8, 4) is 0 Å². The molecule has 0 bridgehead atoms. The van der Waals surface area contributed by atoms with Crippen LogP contribution in [0.1, 0.15) is 40.1 Å². The third-order valence-electron chi connectivity index (χ3n) is 3.68. The van der Waals surface area contributed by atoms with E-state index in [4.69, 9.17) is 4.74 Å². The van der Waals surface area contributed by atoms with E-state index < -0.39 is 11.8 Å². The molecule has 1 amide bonds. The first-order valence-electron chi connectivity index (χ1n) is 7.83. The number of carbonyl (C=O) groups excluding carboxylic acids is 2. The van der Waals surface area contributed by atoms with Crippen molar-refractivity contribution in [2.24, 2.45) is 0 Å². The van der Waals surface area contributed by atoms with Crippen LogP contribution in [-0.2, 0) is 4.74 Å². The van der Waals surface area contributed by atoms with E-state index in [1.165, 1.54) is 17.0 Å². The first-order valence-corrected chi connectivity index (χ1v) is 7.83. The standard InChI is InChI=1S/C19H20FNO3/c1-4-21(18(22)16-12-14(20)11-10-13(16)3)17-9-7-6-8-15(17)19(23)24-5-2/h6-12H,4-5H2,1-3H3. The van der Waals surface area contributed by atoms with Crippen LogP contribution in [0, 0.1) is 12.7 Å². The molecule has 0 radical (unpaired) electrons. The summed E-state index contributed by atoms with van der Waals surface area (Å²) in [5.74, 6) is -1.32. The Hall–Kier alpha value is -2.69. The van der Waals surface area contributed by atoms with Gasteiger partial charge in [-0.25, -0.2) is 9.18 Å². The fourth-order valence-electron chi connectivity index (χ4n) is 2.48. The molecule has 0 atom stereocenters. The topological polar surface area (TPSA) is 46.6 Å². The zero-order valence-electron chi connectivity index (χ0n) is 14.0. The summed E-state index contributed by atoms with van der Waals surface area (Å²) < 4.78 is 18.6. The number of ether oxygens (including phenoxy) is 1. The van der Waals surface area contributed by atoms with E-state index in [0.717, 1.165) is 0 Å². The van der Waals surface area contributed by atoms with Crippen molar-refractivity contribution in [3.63, 3.8) is 0 Å². The van der Waals surface area contributed by atoms with Crippen LogP contribution in [0.5, 0.6) is 0 Å². The average molecular weight is 329 g/mol. The molecule has 0 heterocycles. The number of nitrogens with zero attached hydrogens (tertiary/aromatic N) is 1. The van der Waals surface area contributed by atoms with Crippen LogP contribution < -0.4 is 4.90 Å². The summed E-state index contributed by atoms with van der Waals surface area (Å²) in [6, 6.07) is 10.8. The van der Waals surface area contributed by atoms with Gasteiger partial charge in [-0.05, 0) is 50.6 Å². The Morgan fingerprint density at radius 2 is 1.79 bits per heavy atom. The minimum absolute atomic E-state index is 0.246. The average Bonchev–Trinajstić information content (AvgIpc) is 2.58. The largest absolute Gasteiger partial charge is 0.462 e. The van der Waals surface area contributed by atoms with Crippen LogP contribution in [0.4, 0.5) is 10.1 Å². The molecule has 24 heavy (non-hydrogen) atoms. The number of aryl methyl sites for hydroxylation is 1. The van der Waals surface area contributed by atoms with Gasteiger partial charge in [0.2, 0.25) is 0 Å². The van der Waals surface area contributed by atoms with E-state index in [0.29, 0.717) is 23.4 Å².